The molecule has 0 spiro atoms. The number of hydrogen-bond acceptors (Lipinski definition) is 2. The van der Waals surface area contributed by atoms with Gasteiger partial charge in [0, 0.05) is 12.8 Å². The predicted octanol–water partition coefficient (Wildman–Crippen LogP) is 2.41. The van der Waals surface area contributed by atoms with E-state index in [-0.39, 0.29) is 0 Å². The summed E-state index contributed by atoms with van der Waals surface area (Å²) < 4.78 is 5.36. The number of oxazole rings is 1. The van der Waals surface area contributed by atoms with Crippen LogP contribution in [0.1, 0.15) is 37.1 Å². The molecule has 1 heterocycles. The average Bonchev–Trinajstić information content (AvgIpc) is 2.10. The molecular weight excluding hydrogens is 126 g/mol. The van der Waals surface area contributed by atoms with Gasteiger partial charge >= 0.3 is 0 Å². The van der Waals surface area contributed by atoms with E-state index in [9.17, 15) is 0 Å². The SMILES string of the molecule is Cc1nc(C)c(C(C)C)o1. The molecule has 0 atom stereocenters. The predicted molar refractivity (Wildman–Crippen MR) is 40.1 cm³/mol. The summed E-state index contributed by atoms with van der Waals surface area (Å²) in [5, 5.41) is 0. The van der Waals surface area contributed by atoms with Crippen LogP contribution >= 0.6 is 0 Å². The first-order valence-electron chi connectivity index (χ1n) is 3.55. The summed E-state index contributed by atoms with van der Waals surface area (Å²) in [5.41, 5.74) is 1.02. The van der Waals surface area contributed by atoms with Crippen molar-refractivity contribution in [2.24, 2.45) is 0 Å². The van der Waals surface area contributed by atoms with Crippen LogP contribution in [-0.4, -0.2) is 4.98 Å². The van der Waals surface area contributed by atoms with Gasteiger partial charge in [0.05, 0.1) is 5.69 Å². The molecule has 0 unspecified atom stereocenters. The molecule has 1 aromatic heterocycles. The molecule has 0 aliphatic rings. The van der Waals surface area contributed by atoms with Gasteiger partial charge in [-0.25, -0.2) is 4.98 Å². The van der Waals surface area contributed by atoms with Gasteiger partial charge in [-0.05, 0) is 6.92 Å². The first-order chi connectivity index (χ1) is 4.61. The lowest BCUT2D eigenvalue weighted by molar-refractivity contribution is 0.455. The summed E-state index contributed by atoms with van der Waals surface area (Å²) in [7, 11) is 0. The molecular formula is C8H13NO. The van der Waals surface area contributed by atoms with Gasteiger partial charge in [-0.1, -0.05) is 13.8 Å². The van der Waals surface area contributed by atoms with Crippen LogP contribution in [0, 0.1) is 13.8 Å². The molecule has 0 aliphatic carbocycles. The molecule has 1 rings (SSSR count). The van der Waals surface area contributed by atoms with Crippen LogP contribution in [0.5, 0.6) is 0 Å². The van der Waals surface area contributed by atoms with Crippen LogP contribution in [0.4, 0.5) is 0 Å². The van der Waals surface area contributed by atoms with Crippen molar-refractivity contribution < 1.29 is 4.42 Å². The molecule has 0 radical (unpaired) electrons. The minimum atomic E-state index is 0.446. The van der Waals surface area contributed by atoms with Gasteiger partial charge in [0.25, 0.3) is 0 Å². The number of aromatic nitrogens is 1. The van der Waals surface area contributed by atoms with Crippen molar-refractivity contribution in [1.82, 2.24) is 4.98 Å². The monoisotopic (exact) mass is 139 g/mol. The summed E-state index contributed by atoms with van der Waals surface area (Å²) in [5.74, 6) is 2.22. The van der Waals surface area contributed by atoms with E-state index >= 15 is 0 Å². The van der Waals surface area contributed by atoms with E-state index in [0.29, 0.717) is 5.92 Å². The first kappa shape index (κ1) is 7.32. The maximum Gasteiger partial charge on any atom is 0.191 e. The molecule has 0 aromatic carbocycles. The molecule has 0 aliphatic heterocycles. The Balaban J connectivity index is 3.03. The van der Waals surface area contributed by atoms with E-state index in [1.54, 1.807) is 0 Å². The van der Waals surface area contributed by atoms with Crippen LogP contribution in [0.2, 0.25) is 0 Å². The highest BCUT2D eigenvalue weighted by Gasteiger charge is 2.09. The van der Waals surface area contributed by atoms with Gasteiger partial charge in [-0.2, -0.15) is 0 Å². The summed E-state index contributed by atoms with van der Waals surface area (Å²) in [4.78, 5) is 4.17. The zero-order chi connectivity index (χ0) is 7.72. The van der Waals surface area contributed by atoms with Gasteiger partial charge in [-0.15, -0.1) is 0 Å². The summed E-state index contributed by atoms with van der Waals surface area (Å²) in [6.45, 7) is 8.06. The molecule has 10 heavy (non-hydrogen) atoms. The van der Waals surface area contributed by atoms with Crippen molar-refractivity contribution in [2.45, 2.75) is 33.6 Å². The third kappa shape index (κ3) is 1.20. The van der Waals surface area contributed by atoms with Gasteiger partial charge in [-0.3, -0.25) is 0 Å². The number of nitrogens with zero attached hydrogens (tertiary/aromatic N) is 1. The Morgan fingerprint density at radius 1 is 1.30 bits per heavy atom. The summed E-state index contributed by atoms with van der Waals surface area (Å²) in [6, 6.07) is 0. The van der Waals surface area contributed by atoms with E-state index in [0.717, 1.165) is 17.3 Å². The number of rotatable bonds is 1. The molecule has 0 N–H and O–H groups in total. The fourth-order valence-electron chi connectivity index (χ4n) is 1.08. The molecule has 0 fully saturated rings. The van der Waals surface area contributed by atoms with Crippen LogP contribution in [-0.2, 0) is 0 Å². The van der Waals surface area contributed by atoms with E-state index < -0.39 is 0 Å². The molecule has 0 amide bonds. The fraction of sp³-hybridized carbons (Fsp3) is 0.625. The highest BCUT2D eigenvalue weighted by molar-refractivity contribution is 5.10. The lowest BCUT2D eigenvalue weighted by Gasteiger charge is -1.97. The standard InChI is InChI=1S/C8H13NO/c1-5(2)8-6(3)9-7(4)10-8/h5H,1-4H3. The van der Waals surface area contributed by atoms with E-state index in [1.165, 1.54) is 0 Å². The Kier molecular flexibility index (Phi) is 1.79. The van der Waals surface area contributed by atoms with Gasteiger partial charge in [0.2, 0.25) is 0 Å². The minimum Gasteiger partial charge on any atom is -0.445 e. The molecule has 2 nitrogen and oxygen atoms in total. The first-order valence-corrected chi connectivity index (χ1v) is 3.55. The number of hydrogen-bond donors (Lipinski definition) is 0. The second-order valence-corrected chi connectivity index (χ2v) is 2.84. The molecule has 0 saturated heterocycles. The van der Waals surface area contributed by atoms with Gasteiger partial charge < -0.3 is 4.42 Å². The van der Waals surface area contributed by atoms with E-state index in [2.05, 4.69) is 18.8 Å². The highest BCUT2D eigenvalue weighted by atomic mass is 16.4. The lowest BCUT2D eigenvalue weighted by Crippen LogP contribution is -1.86. The van der Waals surface area contributed by atoms with Crippen molar-refractivity contribution in [3.05, 3.63) is 17.3 Å². The van der Waals surface area contributed by atoms with Crippen molar-refractivity contribution in [2.75, 3.05) is 0 Å². The average molecular weight is 139 g/mol. The molecule has 0 bridgehead atoms. The van der Waals surface area contributed by atoms with Crippen molar-refractivity contribution in [3.8, 4) is 0 Å². The van der Waals surface area contributed by atoms with Crippen LogP contribution in [0.3, 0.4) is 0 Å². The zero-order valence-corrected chi connectivity index (χ0v) is 6.93. The number of aryl methyl sites for hydroxylation is 2. The van der Waals surface area contributed by atoms with Crippen LogP contribution in [0.25, 0.3) is 0 Å². The van der Waals surface area contributed by atoms with Crippen molar-refractivity contribution >= 4 is 0 Å². The van der Waals surface area contributed by atoms with Crippen LogP contribution in [0.15, 0.2) is 4.42 Å². The smallest absolute Gasteiger partial charge is 0.191 e. The fourth-order valence-corrected chi connectivity index (χ4v) is 1.08. The van der Waals surface area contributed by atoms with Gasteiger partial charge in [0.1, 0.15) is 5.76 Å². The zero-order valence-electron chi connectivity index (χ0n) is 6.93. The normalized spacial score (nSPS) is 10.9. The topological polar surface area (TPSA) is 26.0 Å². The molecule has 0 saturated carbocycles. The Morgan fingerprint density at radius 3 is 2.10 bits per heavy atom. The van der Waals surface area contributed by atoms with E-state index in [4.69, 9.17) is 4.42 Å². The Hall–Kier alpha value is -0.790. The largest absolute Gasteiger partial charge is 0.445 e. The molecule has 2 heteroatoms. The third-order valence-electron chi connectivity index (χ3n) is 1.46. The van der Waals surface area contributed by atoms with E-state index in [1.807, 2.05) is 13.8 Å². The van der Waals surface area contributed by atoms with Gasteiger partial charge in [0.15, 0.2) is 5.89 Å². The van der Waals surface area contributed by atoms with Crippen molar-refractivity contribution in [3.63, 3.8) is 0 Å². The Bertz CT molecular complexity index is 225. The quantitative estimate of drug-likeness (QED) is 0.597. The highest BCUT2D eigenvalue weighted by Crippen LogP contribution is 2.18. The second-order valence-electron chi connectivity index (χ2n) is 2.84. The Labute approximate surface area is 61.3 Å². The molecule has 56 valence electrons. The maximum atomic E-state index is 5.36. The minimum absolute atomic E-state index is 0.446. The van der Waals surface area contributed by atoms with Crippen molar-refractivity contribution in [1.29, 1.82) is 0 Å². The summed E-state index contributed by atoms with van der Waals surface area (Å²) >= 11 is 0. The van der Waals surface area contributed by atoms with Crippen LogP contribution < -0.4 is 0 Å². The Morgan fingerprint density at radius 2 is 1.90 bits per heavy atom. The summed E-state index contributed by atoms with van der Waals surface area (Å²) in [6.07, 6.45) is 0. The third-order valence-corrected chi connectivity index (χ3v) is 1.46. The maximum absolute atomic E-state index is 5.36. The second kappa shape index (κ2) is 2.45. The molecule has 1 aromatic rings. The lowest BCUT2D eigenvalue weighted by atomic mass is 10.1.